The van der Waals surface area contributed by atoms with Crippen LogP contribution in [0.1, 0.15) is 24.0 Å². The second-order valence-electron chi connectivity index (χ2n) is 5.53. The number of ether oxygens (including phenoxy) is 1. The molecule has 0 aliphatic rings. The van der Waals surface area contributed by atoms with Gasteiger partial charge in [0.25, 0.3) is 0 Å². The predicted octanol–water partition coefficient (Wildman–Crippen LogP) is 3.56. The topological polar surface area (TPSA) is 59.6 Å². The number of nitrogens with zero attached hydrogens (tertiary/aromatic N) is 1. The molecular formula is C19H26IN3O. The normalized spacial score (nSPS) is 12.2. The molecule has 2 rings (SSSR count). The van der Waals surface area contributed by atoms with E-state index in [9.17, 15) is 0 Å². The number of rotatable bonds is 7. The van der Waals surface area contributed by atoms with E-state index in [1.165, 1.54) is 5.56 Å². The maximum Gasteiger partial charge on any atom is 0.188 e. The molecule has 1 atom stereocenters. The fraction of sp³-hybridized carbons (Fsp3) is 0.316. The predicted molar refractivity (Wildman–Crippen MR) is 111 cm³/mol. The summed E-state index contributed by atoms with van der Waals surface area (Å²) in [6, 6.07) is 18.3. The highest BCUT2D eigenvalue weighted by atomic mass is 127. The molecular weight excluding hydrogens is 413 g/mol. The van der Waals surface area contributed by atoms with E-state index in [1.54, 1.807) is 7.11 Å². The fourth-order valence-electron chi connectivity index (χ4n) is 2.44. The summed E-state index contributed by atoms with van der Waals surface area (Å²) in [7, 11) is 1.69. The quantitative estimate of drug-likeness (QED) is 0.394. The summed E-state index contributed by atoms with van der Waals surface area (Å²) in [5.41, 5.74) is 8.38. The molecule has 24 heavy (non-hydrogen) atoms. The lowest BCUT2D eigenvalue weighted by Gasteiger charge is -2.14. The van der Waals surface area contributed by atoms with E-state index >= 15 is 0 Å². The SMILES string of the molecule is COc1ccccc1C(C)CN=C(N)NCCc1ccccc1.I. The summed E-state index contributed by atoms with van der Waals surface area (Å²) in [4.78, 5) is 4.43. The van der Waals surface area contributed by atoms with Crippen molar-refractivity contribution in [2.45, 2.75) is 19.3 Å². The molecule has 0 heterocycles. The van der Waals surface area contributed by atoms with Gasteiger partial charge in [0.05, 0.1) is 7.11 Å². The molecule has 3 N–H and O–H groups in total. The van der Waals surface area contributed by atoms with Crippen LogP contribution >= 0.6 is 24.0 Å². The summed E-state index contributed by atoms with van der Waals surface area (Å²) in [6.45, 7) is 3.53. The van der Waals surface area contributed by atoms with E-state index in [2.05, 4.69) is 35.4 Å². The highest BCUT2D eigenvalue weighted by molar-refractivity contribution is 14.0. The fourth-order valence-corrected chi connectivity index (χ4v) is 2.44. The smallest absolute Gasteiger partial charge is 0.188 e. The van der Waals surface area contributed by atoms with Crippen LogP contribution in [0, 0.1) is 0 Å². The van der Waals surface area contributed by atoms with Gasteiger partial charge in [0.15, 0.2) is 5.96 Å². The molecule has 0 saturated heterocycles. The van der Waals surface area contributed by atoms with Crippen LogP contribution in [0.3, 0.4) is 0 Å². The second kappa shape index (κ2) is 10.9. The Morgan fingerprint density at radius 1 is 1.12 bits per heavy atom. The molecule has 5 heteroatoms. The minimum atomic E-state index is 0. The number of aliphatic imine (C=N–C) groups is 1. The van der Waals surface area contributed by atoms with E-state index in [-0.39, 0.29) is 29.9 Å². The number of hydrogen-bond acceptors (Lipinski definition) is 2. The maximum absolute atomic E-state index is 5.94. The molecule has 0 aromatic heterocycles. The van der Waals surface area contributed by atoms with Crippen molar-refractivity contribution in [2.24, 2.45) is 10.7 Å². The Morgan fingerprint density at radius 3 is 2.50 bits per heavy atom. The monoisotopic (exact) mass is 439 g/mol. The van der Waals surface area contributed by atoms with Crippen LogP contribution in [0.5, 0.6) is 5.75 Å². The van der Waals surface area contributed by atoms with Crippen LogP contribution in [0.4, 0.5) is 0 Å². The van der Waals surface area contributed by atoms with Crippen LogP contribution in [0.2, 0.25) is 0 Å². The Balaban J connectivity index is 0.00000288. The van der Waals surface area contributed by atoms with Crippen LogP contribution in [0.15, 0.2) is 59.6 Å². The van der Waals surface area contributed by atoms with Gasteiger partial charge in [-0.2, -0.15) is 0 Å². The number of nitrogens with one attached hydrogen (secondary N) is 1. The largest absolute Gasteiger partial charge is 0.496 e. The molecule has 1 unspecified atom stereocenters. The van der Waals surface area contributed by atoms with Gasteiger partial charge >= 0.3 is 0 Å². The van der Waals surface area contributed by atoms with Gasteiger partial charge in [-0.3, -0.25) is 4.99 Å². The Morgan fingerprint density at radius 2 is 1.79 bits per heavy atom. The first kappa shape index (κ1) is 20.3. The minimum absolute atomic E-state index is 0. The third kappa shape index (κ3) is 6.39. The molecule has 0 bridgehead atoms. The lowest BCUT2D eigenvalue weighted by molar-refractivity contribution is 0.407. The molecule has 0 radical (unpaired) electrons. The summed E-state index contributed by atoms with van der Waals surface area (Å²) < 4.78 is 5.39. The number of methoxy groups -OCH3 is 1. The number of para-hydroxylation sites is 1. The number of hydrogen-bond donors (Lipinski definition) is 2. The molecule has 2 aromatic rings. The maximum atomic E-state index is 5.94. The average Bonchev–Trinajstić information content (AvgIpc) is 2.60. The molecule has 2 aromatic carbocycles. The third-order valence-corrected chi connectivity index (χ3v) is 3.77. The van der Waals surface area contributed by atoms with E-state index < -0.39 is 0 Å². The van der Waals surface area contributed by atoms with Crippen LogP contribution in [-0.4, -0.2) is 26.2 Å². The molecule has 0 aliphatic heterocycles. The van der Waals surface area contributed by atoms with E-state index in [0.29, 0.717) is 12.5 Å². The number of nitrogens with two attached hydrogens (primary N) is 1. The Hall–Kier alpha value is -1.76. The first-order chi connectivity index (χ1) is 11.2. The number of halogens is 1. The van der Waals surface area contributed by atoms with Crippen molar-refractivity contribution in [1.29, 1.82) is 0 Å². The van der Waals surface area contributed by atoms with Crippen molar-refractivity contribution in [3.8, 4) is 5.75 Å². The van der Waals surface area contributed by atoms with E-state index in [0.717, 1.165) is 24.3 Å². The van der Waals surface area contributed by atoms with Crippen LogP contribution in [0.25, 0.3) is 0 Å². The van der Waals surface area contributed by atoms with Crippen molar-refractivity contribution in [2.75, 3.05) is 20.2 Å². The van der Waals surface area contributed by atoms with Gasteiger partial charge in [0.1, 0.15) is 5.75 Å². The molecule has 0 spiro atoms. The van der Waals surface area contributed by atoms with Gasteiger partial charge in [-0.05, 0) is 23.6 Å². The lowest BCUT2D eigenvalue weighted by atomic mass is 10.0. The van der Waals surface area contributed by atoms with Gasteiger partial charge < -0.3 is 15.8 Å². The minimum Gasteiger partial charge on any atom is -0.496 e. The van der Waals surface area contributed by atoms with Crippen molar-refractivity contribution < 1.29 is 4.74 Å². The van der Waals surface area contributed by atoms with Crippen molar-refractivity contribution in [3.05, 3.63) is 65.7 Å². The highest BCUT2D eigenvalue weighted by Gasteiger charge is 2.10. The molecule has 0 fully saturated rings. The van der Waals surface area contributed by atoms with Gasteiger partial charge in [0, 0.05) is 19.0 Å². The molecule has 130 valence electrons. The Labute approximate surface area is 161 Å². The van der Waals surface area contributed by atoms with E-state index in [4.69, 9.17) is 10.5 Å². The summed E-state index contributed by atoms with van der Waals surface area (Å²) in [6.07, 6.45) is 0.930. The average molecular weight is 439 g/mol. The lowest BCUT2D eigenvalue weighted by Crippen LogP contribution is -2.33. The Bertz CT molecular complexity index is 632. The zero-order valence-corrected chi connectivity index (χ0v) is 16.6. The van der Waals surface area contributed by atoms with Crippen molar-refractivity contribution >= 4 is 29.9 Å². The molecule has 4 nitrogen and oxygen atoms in total. The second-order valence-corrected chi connectivity index (χ2v) is 5.53. The van der Waals surface area contributed by atoms with Crippen LogP contribution in [-0.2, 0) is 6.42 Å². The summed E-state index contributed by atoms with van der Waals surface area (Å²) in [5, 5.41) is 3.16. The van der Waals surface area contributed by atoms with Crippen molar-refractivity contribution in [3.63, 3.8) is 0 Å². The number of benzene rings is 2. The van der Waals surface area contributed by atoms with Crippen LogP contribution < -0.4 is 15.8 Å². The zero-order valence-electron chi connectivity index (χ0n) is 14.2. The van der Waals surface area contributed by atoms with Gasteiger partial charge in [-0.1, -0.05) is 55.5 Å². The molecule has 0 saturated carbocycles. The van der Waals surface area contributed by atoms with Gasteiger partial charge in [0.2, 0.25) is 0 Å². The number of guanidine groups is 1. The molecule has 0 aliphatic carbocycles. The van der Waals surface area contributed by atoms with Gasteiger partial charge in [-0.25, -0.2) is 0 Å². The standard InChI is InChI=1S/C19H25N3O.HI/c1-15(17-10-6-7-11-18(17)23-2)14-22-19(20)21-13-12-16-8-4-3-5-9-16;/h3-11,15H,12-14H2,1-2H3,(H3,20,21,22);1H. The van der Waals surface area contributed by atoms with Crippen molar-refractivity contribution in [1.82, 2.24) is 5.32 Å². The summed E-state index contributed by atoms with van der Waals surface area (Å²) in [5.74, 6) is 1.63. The Kier molecular flexibility index (Phi) is 9.22. The summed E-state index contributed by atoms with van der Waals surface area (Å²) >= 11 is 0. The first-order valence-corrected chi connectivity index (χ1v) is 7.91. The van der Waals surface area contributed by atoms with E-state index in [1.807, 2.05) is 36.4 Å². The highest BCUT2D eigenvalue weighted by Crippen LogP contribution is 2.26. The van der Waals surface area contributed by atoms with Gasteiger partial charge in [-0.15, -0.1) is 24.0 Å². The molecule has 0 amide bonds. The zero-order chi connectivity index (χ0) is 16.5. The first-order valence-electron chi connectivity index (χ1n) is 7.91. The third-order valence-electron chi connectivity index (χ3n) is 3.77.